The van der Waals surface area contributed by atoms with E-state index < -0.39 is 0 Å². The number of esters is 1. The van der Waals surface area contributed by atoms with Crippen molar-refractivity contribution in [3.8, 4) is 11.5 Å². The predicted octanol–water partition coefficient (Wildman–Crippen LogP) is 2.08. The predicted molar refractivity (Wildman–Crippen MR) is 87.0 cm³/mol. The maximum Gasteiger partial charge on any atom is 0.309 e. The Morgan fingerprint density at radius 2 is 1.96 bits per heavy atom. The lowest BCUT2D eigenvalue weighted by Gasteiger charge is -2.19. The number of fused-ring (bicyclic) bond motifs is 2. The Bertz CT molecular complexity index is 754. The van der Waals surface area contributed by atoms with Crippen molar-refractivity contribution in [2.24, 2.45) is 4.99 Å². The molecule has 7 nitrogen and oxygen atoms in total. The number of amides is 1. The molecule has 0 radical (unpaired) electrons. The Morgan fingerprint density at radius 1 is 1.25 bits per heavy atom. The second-order valence-electron chi connectivity index (χ2n) is 5.53. The smallest absolute Gasteiger partial charge is 0.309 e. The number of ether oxygens (including phenoxy) is 3. The molecule has 0 spiro atoms. The average Bonchev–Trinajstić information content (AvgIpc) is 2.95. The number of carbonyl (C=O) groups is 2. The fourth-order valence-corrected chi connectivity index (χ4v) is 2.87. The molecule has 2 aliphatic heterocycles. The molecule has 2 aliphatic rings. The van der Waals surface area contributed by atoms with E-state index in [2.05, 4.69) is 9.73 Å². The normalized spacial score (nSPS) is 18.5. The van der Waals surface area contributed by atoms with E-state index in [0.717, 1.165) is 5.57 Å². The second-order valence-corrected chi connectivity index (χ2v) is 5.53. The van der Waals surface area contributed by atoms with Crippen LogP contribution in [0.5, 0.6) is 11.5 Å². The summed E-state index contributed by atoms with van der Waals surface area (Å²) in [6.45, 7) is 0. The highest BCUT2D eigenvalue weighted by Gasteiger charge is 2.33. The molecule has 126 valence electrons. The molecule has 0 aliphatic carbocycles. The van der Waals surface area contributed by atoms with E-state index in [1.807, 2.05) is 0 Å². The van der Waals surface area contributed by atoms with Crippen molar-refractivity contribution in [3.63, 3.8) is 0 Å². The molecular formula is C17H18N2O5. The molecule has 0 bridgehead atoms. The van der Waals surface area contributed by atoms with Crippen LogP contribution in [-0.4, -0.2) is 50.4 Å². The van der Waals surface area contributed by atoms with Crippen LogP contribution in [0.1, 0.15) is 23.2 Å². The molecule has 0 unspecified atom stereocenters. The summed E-state index contributed by atoms with van der Waals surface area (Å²) in [7, 11) is 4.40. The van der Waals surface area contributed by atoms with Crippen LogP contribution < -0.4 is 9.47 Å². The largest absolute Gasteiger partial charge is 0.493 e. The topological polar surface area (TPSA) is 77.4 Å². The maximum absolute atomic E-state index is 12.9. The van der Waals surface area contributed by atoms with Crippen molar-refractivity contribution in [2.45, 2.75) is 18.9 Å². The Morgan fingerprint density at radius 3 is 2.62 bits per heavy atom. The summed E-state index contributed by atoms with van der Waals surface area (Å²) < 4.78 is 15.2. The quantitative estimate of drug-likeness (QED) is 0.790. The van der Waals surface area contributed by atoms with E-state index in [4.69, 9.17) is 9.47 Å². The molecule has 0 fully saturated rings. The van der Waals surface area contributed by atoms with Crippen LogP contribution in [-0.2, 0) is 9.53 Å². The molecule has 3 rings (SSSR count). The monoisotopic (exact) mass is 330 g/mol. The van der Waals surface area contributed by atoms with Crippen LogP contribution in [0.2, 0.25) is 0 Å². The van der Waals surface area contributed by atoms with Gasteiger partial charge < -0.3 is 19.1 Å². The van der Waals surface area contributed by atoms with E-state index in [1.165, 1.54) is 21.3 Å². The lowest BCUT2D eigenvalue weighted by Crippen LogP contribution is -2.32. The minimum atomic E-state index is -0.324. The number of carbonyl (C=O) groups excluding carboxylic acids is 2. The van der Waals surface area contributed by atoms with Crippen molar-refractivity contribution in [2.75, 3.05) is 21.3 Å². The van der Waals surface area contributed by atoms with Crippen molar-refractivity contribution in [3.05, 3.63) is 29.5 Å². The zero-order valence-corrected chi connectivity index (χ0v) is 13.7. The Balaban J connectivity index is 1.96. The maximum atomic E-state index is 12.9. The number of methoxy groups -OCH3 is 3. The molecular weight excluding hydrogens is 312 g/mol. The summed E-state index contributed by atoms with van der Waals surface area (Å²) >= 11 is 0. The van der Waals surface area contributed by atoms with Crippen LogP contribution >= 0.6 is 0 Å². The molecule has 0 N–H and O–H groups in total. The molecule has 0 saturated heterocycles. The Labute approximate surface area is 139 Å². The molecule has 1 amide bonds. The van der Waals surface area contributed by atoms with Gasteiger partial charge in [-0.3, -0.25) is 14.6 Å². The van der Waals surface area contributed by atoms with E-state index in [1.54, 1.807) is 29.4 Å². The number of hydrogen-bond acceptors (Lipinski definition) is 6. The molecule has 1 aromatic carbocycles. The second kappa shape index (κ2) is 6.35. The van der Waals surface area contributed by atoms with Crippen molar-refractivity contribution in [1.82, 2.24) is 4.90 Å². The SMILES string of the molecule is COC(=O)CC1=CN2C(=O)c3cc(OC)c(OC)cc3N=C[C@@H]2C1. The van der Waals surface area contributed by atoms with Gasteiger partial charge in [0, 0.05) is 18.5 Å². The van der Waals surface area contributed by atoms with Crippen LogP contribution in [0, 0.1) is 0 Å². The summed E-state index contributed by atoms with van der Waals surface area (Å²) in [5.74, 6) is 0.477. The van der Waals surface area contributed by atoms with Crippen molar-refractivity contribution >= 4 is 23.8 Å². The molecule has 0 saturated carbocycles. The van der Waals surface area contributed by atoms with Crippen LogP contribution in [0.3, 0.4) is 0 Å². The van der Waals surface area contributed by atoms with Gasteiger partial charge >= 0.3 is 5.97 Å². The molecule has 1 atom stereocenters. The zero-order valence-electron chi connectivity index (χ0n) is 13.7. The van der Waals surface area contributed by atoms with Gasteiger partial charge in [-0.25, -0.2) is 0 Å². The first kappa shape index (κ1) is 16.0. The minimum Gasteiger partial charge on any atom is -0.493 e. The van der Waals surface area contributed by atoms with Crippen LogP contribution in [0.25, 0.3) is 0 Å². The van der Waals surface area contributed by atoms with Crippen LogP contribution in [0.15, 0.2) is 28.9 Å². The first-order chi connectivity index (χ1) is 11.6. The van der Waals surface area contributed by atoms with Crippen molar-refractivity contribution in [1.29, 1.82) is 0 Å². The fourth-order valence-electron chi connectivity index (χ4n) is 2.87. The van der Waals surface area contributed by atoms with Gasteiger partial charge in [0.25, 0.3) is 5.91 Å². The standard InChI is InChI=1S/C17H18N2O5/c1-22-14-6-12-13(7-15(14)23-2)18-8-11-4-10(5-16(20)24-3)9-19(11)17(12)21/h6-9,11H,4-5H2,1-3H3/t11-/m0/s1. The lowest BCUT2D eigenvalue weighted by atomic mass is 10.1. The van der Waals surface area contributed by atoms with Crippen LogP contribution in [0.4, 0.5) is 5.69 Å². The van der Waals surface area contributed by atoms with E-state index in [9.17, 15) is 9.59 Å². The minimum absolute atomic E-state index is 0.170. The molecule has 0 aromatic heterocycles. The van der Waals surface area contributed by atoms with Gasteiger partial charge in [0.05, 0.1) is 45.0 Å². The third kappa shape index (κ3) is 2.73. The first-order valence-corrected chi connectivity index (χ1v) is 7.46. The third-order valence-corrected chi connectivity index (χ3v) is 4.10. The molecule has 7 heteroatoms. The molecule has 24 heavy (non-hydrogen) atoms. The highest BCUT2D eigenvalue weighted by molar-refractivity contribution is 6.04. The van der Waals surface area contributed by atoms with Crippen molar-refractivity contribution < 1.29 is 23.8 Å². The van der Waals surface area contributed by atoms with E-state index >= 15 is 0 Å². The van der Waals surface area contributed by atoms with Gasteiger partial charge in [0.2, 0.25) is 0 Å². The zero-order chi connectivity index (χ0) is 17.3. The fraction of sp³-hybridized carbons (Fsp3) is 0.353. The number of benzene rings is 1. The highest BCUT2D eigenvalue weighted by atomic mass is 16.5. The summed E-state index contributed by atoms with van der Waals surface area (Å²) in [5.41, 5.74) is 1.81. The number of hydrogen-bond donors (Lipinski definition) is 0. The van der Waals surface area contributed by atoms with E-state index in [0.29, 0.717) is 29.2 Å². The molecule has 2 heterocycles. The van der Waals surface area contributed by atoms with Gasteiger partial charge in [0.1, 0.15) is 0 Å². The highest BCUT2D eigenvalue weighted by Crippen LogP contribution is 2.38. The van der Waals surface area contributed by atoms with Gasteiger partial charge in [0.15, 0.2) is 11.5 Å². The average molecular weight is 330 g/mol. The lowest BCUT2D eigenvalue weighted by molar-refractivity contribution is -0.139. The summed E-state index contributed by atoms with van der Waals surface area (Å²) in [4.78, 5) is 30.3. The van der Waals surface area contributed by atoms with Gasteiger partial charge in [-0.15, -0.1) is 0 Å². The Hall–Kier alpha value is -2.83. The first-order valence-electron chi connectivity index (χ1n) is 7.46. The third-order valence-electron chi connectivity index (χ3n) is 4.10. The summed E-state index contributed by atoms with van der Waals surface area (Å²) in [6.07, 6.45) is 4.16. The number of aliphatic imine (C=N–C) groups is 1. The van der Waals surface area contributed by atoms with Gasteiger partial charge in [-0.05, 0) is 18.1 Å². The van der Waals surface area contributed by atoms with Gasteiger partial charge in [-0.2, -0.15) is 0 Å². The Kier molecular flexibility index (Phi) is 4.24. The summed E-state index contributed by atoms with van der Waals surface area (Å²) in [5, 5.41) is 0. The number of rotatable bonds is 4. The van der Waals surface area contributed by atoms with E-state index in [-0.39, 0.29) is 24.3 Å². The number of nitrogens with zero attached hydrogens (tertiary/aromatic N) is 2. The van der Waals surface area contributed by atoms with Gasteiger partial charge in [-0.1, -0.05) is 0 Å². The summed E-state index contributed by atoms with van der Waals surface area (Å²) in [6, 6.07) is 3.10. The molecule has 1 aromatic rings.